The Hall–Kier alpha value is -1.32. The van der Waals surface area contributed by atoms with Crippen LogP contribution in [0, 0.1) is 6.92 Å². The lowest BCUT2D eigenvalue weighted by Gasteiger charge is -2.07. The molecule has 0 fully saturated rings. The Morgan fingerprint density at radius 3 is 2.18 bits per heavy atom. The number of hydrogen-bond acceptors (Lipinski definition) is 2. The van der Waals surface area contributed by atoms with Gasteiger partial charge in [0.1, 0.15) is 0 Å². The van der Waals surface area contributed by atoms with E-state index in [4.69, 9.17) is 10.7 Å². The Labute approximate surface area is 105 Å². The highest BCUT2D eigenvalue weighted by Gasteiger charge is 2.11. The lowest BCUT2D eigenvalue weighted by Crippen LogP contribution is -1.92. The molecule has 0 aromatic heterocycles. The van der Waals surface area contributed by atoms with E-state index < -0.39 is 9.05 Å². The van der Waals surface area contributed by atoms with Crippen LogP contribution in [0.15, 0.2) is 53.4 Å². The van der Waals surface area contributed by atoms with Gasteiger partial charge in [0.2, 0.25) is 0 Å². The van der Waals surface area contributed by atoms with Gasteiger partial charge in [0, 0.05) is 10.7 Å². The fraction of sp³-hybridized carbons (Fsp3) is 0.0769. The van der Waals surface area contributed by atoms with E-state index in [0.717, 1.165) is 16.7 Å². The molecule has 0 aliphatic heterocycles. The third-order valence-corrected chi connectivity index (χ3v) is 3.92. The Morgan fingerprint density at radius 2 is 1.65 bits per heavy atom. The molecule has 2 aromatic rings. The molecule has 0 radical (unpaired) electrons. The van der Waals surface area contributed by atoms with Gasteiger partial charge < -0.3 is 0 Å². The molecule has 0 atom stereocenters. The topological polar surface area (TPSA) is 34.1 Å². The van der Waals surface area contributed by atoms with Crippen molar-refractivity contribution in [2.45, 2.75) is 11.8 Å². The summed E-state index contributed by atoms with van der Waals surface area (Å²) in [4.78, 5) is 0.136. The largest absolute Gasteiger partial charge is 0.261 e. The van der Waals surface area contributed by atoms with Gasteiger partial charge in [-0.1, -0.05) is 36.4 Å². The maximum Gasteiger partial charge on any atom is 0.261 e. The van der Waals surface area contributed by atoms with Crippen molar-refractivity contribution in [3.63, 3.8) is 0 Å². The second-order valence-corrected chi connectivity index (χ2v) is 6.35. The fourth-order valence-electron chi connectivity index (χ4n) is 1.73. The van der Waals surface area contributed by atoms with Gasteiger partial charge in [-0.2, -0.15) is 0 Å². The van der Waals surface area contributed by atoms with Gasteiger partial charge in [-0.3, -0.25) is 0 Å². The van der Waals surface area contributed by atoms with Gasteiger partial charge in [-0.15, -0.1) is 0 Å². The molecule has 4 heteroatoms. The van der Waals surface area contributed by atoms with Crippen molar-refractivity contribution < 1.29 is 8.42 Å². The maximum atomic E-state index is 11.2. The summed E-state index contributed by atoms with van der Waals surface area (Å²) >= 11 is 0. The van der Waals surface area contributed by atoms with E-state index in [2.05, 4.69) is 0 Å². The summed E-state index contributed by atoms with van der Waals surface area (Å²) in [6.45, 7) is 1.87. The molecule has 0 saturated carbocycles. The Balaban J connectivity index is 2.54. The third kappa shape index (κ3) is 2.68. The summed E-state index contributed by atoms with van der Waals surface area (Å²) in [5.41, 5.74) is 2.95. The van der Waals surface area contributed by atoms with Crippen molar-refractivity contribution in [2.24, 2.45) is 0 Å². The normalized spacial score (nSPS) is 11.4. The first kappa shape index (κ1) is 12.1. The number of halogens is 1. The minimum Gasteiger partial charge on any atom is -0.207 e. The van der Waals surface area contributed by atoms with E-state index >= 15 is 0 Å². The Kier molecular flexibility index (Phi) is 3.22. The highest BCUT2D eigenvalue weighted by molar-refractivity contribution is 8.13. The molecular formula is C13H11ClO2S. The molecule has 2 rings (SSSR count). The van der Waals surface area contributed by atoms with Crippen LogP contribution in [0.3, 0.4) is 0 Å². The molecular weight excluding hydrogens is 256 g/mol. The van der Waals surface area contributed by atoms with Crippen LogP contribution in [0.4, 0.5) is 0 Å². The van der Waals surface area contributed by atoms with E-state index in [1.807, 2.05) is 37.3 Å². The first-order valence-corrected chi connectivity index (χ1v) is 7.40. The van der Waals surface area contributed by atoms with Crippen LogP contribution in [-0.2, 0) is 9.05 Å². The average molecular weight is 267 g/mol. The van der Waals surface area contributed by atoms with Crippen LogP contribution in [0.1, 0.15) is 5.56 Å². The molecule has 0 saturated heterocycles. The van der Waals surface area contributed by atoms with Crippen molar-refractivity contribution in [1.82, 2.24) is 0 Å². The van der Waals surface area contributed by atoms with Crippen molar-refractivity contribution in [3.05, 3.63) is 54.1 Å². The fourth-order valence-corrected chi connectivity index (χ4v) is 2.57. The Morgan fingerprint density at radius 1 is 1.00 bits per heavy atom. The minimum atomic E-state index is -3.65. The highest BCUT2D eigenvalue weighted by Crippen LogP contribution is 2.26. The van der Waals surface area contributed by atoms with Crippen molar-refractivity contribution in [3.8, 4) is 11.1 Å². The van der Waals surface area contributed by atoms with Gasteiger partial charge in [-0.05, 0) is 35.7 Å². The molecule has 88 valence electrons. The third-order valence-electron chi connectivity index (χ3n) is 2.56. The summed E-state index contributed by atoms with van der Waals surface area (Å²) in [6, 6.07) is 14.7. The van der Waals surface area contributed by atoms with Gasteiger partial charge in [-0.25, -0.2) is 8.42 Å². The van der Waals surface area contributed by atoms with E-state index in [9.17, 15) is 8.42 Å². The number of benzene rings is 2. The summed E-state index contributed by atoms with van der Waals surface area (Å²) in [5.74, 6) is 0. The number of hydrogen-bond donors (Lipinski definition) is 0. The van der Waals surface area contributed by atoms with Crippen LogP contribution < -0.4 is 0 Å². The van der Waals surface area contributed by atoms with Crippen LogP contribution in [0.25, 0.3) is 11.1 Å². The molecule has 0 heterocycles. The van der Waals surface area contributed by atoms with Gasteiger partial charge in [0.05, 0.1) is 4.90 Å². The molecule has 0 aliphatic rings. The quantitative estimate of drug-likeness (QED) is 0.779. The molecule has 0 spiro atoms. The van der Waals surface area contributed by atoms with Crippen molar-refractivity contribution in [1.29, 1.82) is 0 Å². The number of rotatable bonds is 2. The van der Waals surface area contributed by atoms with E-state index in [0.29, 0.717) is 0 Å². The Bertz CT molecular complexity index is 634. The molecule has 0 aliphatic carbocycles. The average Bonchev–Trinajstić information content (AvgIpc) is 2.29. The predicted octanol–water partition coefficient (Wildman–Crippen LogP) is 3.59. The molecule has 0 bridgehead atoms. The van der Waals surface area contributed by atoms with Gasteiger partial charge in [0.25, 0.3) is 9.05 Å². The summed E-state index contributed by atoms with van der Waals surface area (Å²) in [7, 11) is 1.65. The SMILES string of the molecule is Cc1cc(S(=O)(=O)Cl)ccc1-c1ccccc1. The van der Waals surface area contributed by atoms with Gasteiger partial charge >= 0.3 is 0 Å². The van der Waals surface area contributed by atoms with Crippen LogP contribution in [0.2, 0.25) is 0 Å². The van der Waals surface area contributed by atoms with Crippen molar-refractivity contribution >= 4 is 19.7 Å². The molecule has 0 amide bonds. The second-order valence-electron chi connectivity index (χ2n) is 3.78. The molecule has 2 aromatic carbocycles. The number of aryl methyl sites for hydroxylation is 1. The van der Waals surface area contributed by atoms with E-state index in [1.54, 1.807) is 12.1 Å². The van der Waals surface area contributed by atoms with Gasteiger partial charge in [0.15, 0.2) is 0 Å². The van der Waals surface area contributed by atoms with Crippen molar-refractivity contribution in [2.75, 3.05) is 0 Å². The monoisotopic (exact) mass is 266 g/mol. The summed E-state index contributed by atoms with van der Waals surface area (Å²) < 4.78 is 22.4. The standard InChI is InChI=1S/C13H11ClO2S/c1-10-9-12(17(14,15)16)7-8-13(10)11-5-3-2-4-6-11/h2-9H,1H3. The molecule has 2 nitrogen and oxygen atoms in total. The first-order valence-electron chi connectivity index (χ1n) is 5.09. The highest BCUT2D eigenvalue weighted by atomic mass is 35.7. The van der Waals surface area contributed by atoms with Crippen LogP contribution in [-0.4, -0.2) is 8.42 Å². The minimum absolute atomic E-state index is 0.136. The predicted molar refractivity (Wildman–Crippen MR) is 69.7 cm³/mol. The lowest BCUT2D eigenvalue weighted by molar-refractivity contribution is 0.609. The lowest BCUT2D eigenvalue weighted by atomic mass is 10.0. The van der Waals surface area contributed by atoms with E-state index in [1.165, 1.54) is 6.07 Å². The summed E-state index contributed by atoms with van der Waals surface area (Å²) in [6.07, 6.45) is 0. The smallest absolute Gasteiger partial charge is 0.207 e. The molecule has 0 N–H and O–H groups in total. The van der Waals surface area contributed by atoms with Crippen LogP contribution in [0.5, 0.6) is 0 Å². The molecule has 0 unspecified atom stereocenters. The zero-order chi connectivity index (χ0) is 12.5. The maximum absolute atomic E-state index is 11.2. The van der Waals surface area contributed by atoms with E-state index in [-0.39, 0.29) is 4.90 Å². The zero-order valence-electron chi connectivity index (χ0n) is 9.22. The summed E-state index contributed by atoms with van der Waals surface area (Å²) in [5, 5.41) is 0. The zero-order valence-corrected chi connectivity index (χ0v) is 10.8. The first-order chi connectivity index (χ1) is 7.98. The van der Waals surface area contributed by atoms with Crippen LogP contribution >= 0.6 is 10.7 Å². The second kappa shape index (κ2) is 4.51. The molecule has 17 heavy (non-hydrogen) atoms.